The average molecular weight is 294 g/mol. The van der Waals surface area contributed by atoms with Gasteiger partial charge in [-0.25, -0.2) is 4.79 Å². The van der Waals surface area contributed by atoms with Gasteiger partial charge < -0.3 is 16.4 Å². The van der Waals surface area contributed by atoms with Crippen LogP contribution in [0.5, 0.6) is 0 Å². The van der Waals surface area contributed by atoms with Crippen molar-refractivity contribution in [1.82, 2.24) is 15.5 Å². The number of imide groups is 1. The molecule has 7 nitrogen and oxygen atoms in total. The number of nitrogens with zero attached hydrogens (tertiary/aromatic N) is 1. The summed E-state index contributed by atoms with van der Waals surface area (Å²) >= 11 is 0. The molecule has 2 saturated carbocycles. The minimum atomic E-state index is -0.346. The summed E-state index contributed by atoms with van der Waals surface area (Å²) in [5, 5.41) is 5.38. The van der Waals surface area contributed by atoms with Gasteiger partial charge in [-0.15, -0.1) is 0 Å². The SMILES string of the molecule is NC1C2CCC(C2)C1C(=O)NCCCN1C(=O)CNC1=O. The lowest BCUT2D eigenvalue weighted by Gasteiger charge is -2.27. The number of carbonyl (C=O) groups is 3. The summed E-state index contributed by atoms with van der Waals surface area (Å²) in [5.74, 6) is 0.724. The number of carbonyl (C=O) groups excluding carboxylic acids is 3. The maximum Gasteiger partial charge on any atom is 0.324 e. The number of hydrogen-bond acceptors (Lipinski definition) is 4. The molecule has 7 heteroatoms. The van der Waals surface area contributed by atoms with Crippen LogP contribution in [0.15, 0.2) is 0 Å². The molecule has 116 valence electrons. The molecule has 0 spiro atoms. The summed E-state index contributed by atoms with van der Waals surface area (Å²) in [7, 11) is 0. The first-order valence-corrected chi connectivity index (χ1v) is 7.69. The topological polar surface area (TPSA) is 105 Å². The fourth-order valence-corrected chi connectivity index (χ4v) is 3.97. The maximum absolute atomic E-state index is 12.2. The van der Waals surface area contributed by atoms with Gasteiger partial charge in [0.1, 0.15) is 0 Å². The van der Waals surface area contributed by atoms with Crippen LogP contribution >= 0.6 is 0 Å². The molecule has 4 atom stereocenters. The van der Waals surface area contributed by atoms with Crippen molar-refractivity contribution in [3.05, 3.63) is 0 Å². The van der Waals surface area contributed by atoms with E-state index >= 15 is 0 Å². The number of amides is 4. The first kappa shape index (κ1) is 14.3. The van der Waals surface area contributed by atoms with Crippen LogP contribution in [0, 0.1) is 17.8 Å². The highest BCUT2D eigenvalue weighted by Gasteiger charge is 2.48. The van der Waals surface area contributed by atoms with Gasteiger partial charge in [-0.3, -0.25) is 14.5 Å². The van der Waals surface area contributed by atoms with E-state index in [1.165, 1.54) is 4.90 Å². The molecule has 4 N–H and O–H groups in total. The molecule has 1 aliphatic heterocycles. The molecule has 4 amide bonds. The number of nitrogens with two attached hydrogens (primary N) is 1. The van der Waals surface area contributed by atoms with Gasteiger partial charge in [-0.05, 0) is 37.5 Å². The molecule has 0 aromatic heterocycles. The smallest absolute Gasteiger partial charge is 0.324 e. The largest absolute Gasteiger partial charge is 0.356 e. The van der Waals surface area contributed by atoms with Crippen molar-refractivity contribution in [2.24, 2.45) is 23.5 Å². The van der Waals surface area contributed by atoms with Crippen LogP contribution in [0.2, 0.25) is 0 Å². The molecule has 0 aromatic carbocycles. The summed E-state index contributed by atoms with van der Waals surface area (Å²) < 4.78 is 0. The van der Waals surface area contributed by atoms with Gasteiger partial charge in [-0.2, -0.15) is 0 Å². The first-order valence-electron chi connectivity index (χ1n) is 7.69. The number of urea groups is 1. The Hall–Kier alpha value is -1.63. The maximum atomic E-state index is 12.2. The number of nitrogens with one attached hydrogen (secondary N) is 2. The minimum absolute atomic E-state index is 0.00492. The van der Waals surface area contributed by atoms with Crippen molar-refractivity contribution in [2.75, 3.05) is 19.6 Å². The van der Waals surface area contributed by atoms with Crippen molar-refractivity contribution < 1.29 is 14.4 Å². The molecule has 21 heavy (non-hydrogen) atoms. The third kappa shape index (κ3) is 2.62. The molecule has 0 radical (unpaired) electrons. The van der Waals surface area contributed by atoms with E-state index in [1.807, 2.05) is 0 Å². The van der Waals surface area contributed by atoms with Crippen LogP contribution in [0.3, 0.4) is 0 Å². The van der Waals surface area contributed by atoms with E-state index in [-0.39, 0.29) is 36.3 Å². The van der Waals surface area contributed by atoms with Crippen LogP contribution < -0.4 is 16.4 Å². The molecular weight excluding hydrogens is 272 g/mol. The normalized spacial score (nSPS) is 34.4. The van der Waals surface area contributed by atoms with Gasteiger partial charge in [-0.1, -0.05) is 0 Å². The molecule has 2 aliphatic carbocycles. The molecule has 2 bridgehead atoms. The zero-order valence-corrected chi connectivity index (χ0v) is 12.0. The highest BCUT2D eigenvalue weighted by atomic mass is 16.2. The van der Waals surface area contributed by atoms with Gasteiger partial charge in [0, 0.05) is 19.1 Å². The molecule has 3 rings (SSSR count). The van der Waals surface area contributed by atoms with Crippen LogP contribution in [-0.4, -0.2) is 48.4 Å². The highest BCUT2D eigenvalue weighted by Crippen LogP contribution is 2.47. The molecule has 3 fully saturated rings. The minimum Gasteiger partial charge on any atom is -0.356 e. The lowest BCUT2D eigenvalue weighted by molar-refractivity contribution is -0.127. The second kappa shape index (κ2) is 5.63. The Kier molecular flexibility index (Phi) is 3.84. The summed E-state index contributed by atoms with van der Waals surface area (Å²) in [5.41, 5.74) is 6.14. The van der Waals surface area contributed by atoms with E-state index in [9.17, 15) is 14.4 Å². The number of hydrogen-bond donors (Lipinski definition) is 3. The van der Waals surface area contributed by atoms with Gasteiger partial charge in [0.05, 0.1) is 12.5 Å². The lowest BCUT2D eigenvalue weighted by Crippen LogP contribution is -2.45. The highest BCUT2D eigenvalue weighted by molar-refractivity contribution is 6.01. The van der Waals surface area contributed by atoms with Gasteiger partial charge in [0.15, 0.2) is 0 Å². The molecule has 4 unspecified atom stereocenters. The van der Waals surface area contributed by atoms with Crippen molar-refractivity contribution in [3.63, 3.8) is 0 Å². The third-order valence-corrected chi connectivity index (χ3v) is 5.08. The van der Waals surface area contributed by atoms with Gasteiger partial charge in [0.25, 0.3) is 0 Å². The number of fused-ring (bicyclic) bond motifs is 2. The summed E-state index contributed by atoms with van der Waals surface area (Å²) in [4.78, 5) is 36.1. The van der Waals surface area contributed by atoms with Crippen molar-refractivity contribution in [1.29, 1.82) is 0 Å². The second-order valence-electron chi connectivity index (χ2n) is 6.29. The Balaban J connectivity index is 1.41. The van der Waals surface area contributed by atoms with Gasteiger partial charge in [0.2, 0.25) is 11.8 Å². The zero-order valence-electron chi connectivity index (χ0n) is 12.0. The van der Waals surface area contributed by atoms with E-state index in [1.54, 1.807) is 0 Å². The van der Waals surface area contributed by atoms with Crippen LogP contribution in [0.1, 0.15) is 25.7 Å². The fraction of sp³-hybridized carbons (Fsp3) is 0.786. The van der Waals surface area contributed by atoms with E-state index in [0.29, 0.717) is 31.3 Å². The Morgan fingerprint density at radius 1 is 1.33 bits per heavy atom. The fourth-order valence-electron chi connectivity index (χ4n) is 3.97. The van der Waals surface area contributed by atoms with Crippen LogP contribution in [0.4, 0.5) is 4.79 Å². The second-order valence-corrected chi connectivity index (χ2v) is 6.29. The predicted molar refractivity (Wildman–Crippen MR) is 75.0 cm³/mol. The van der Waals surface area contributed by atoms with Crippen molar-refractivity contribution in [3.8, 4) is 0 Å². The first-order chi connectivity index (χ1) is 10.1. The van der Waals surface area contributed by atoms with E-state index < -0.39 is 0 Å². The summed E-state index contributed by atoms with van der Waals surface area (Å²) in [6.07, 6.45) is 3.92. The summed E-state index contributed by atoms with van der Waals surface area (Å²) in [6, 6.07) is -0.351. The predicted octanol–water partition coefficient (Wildman–Crippen LogP) is -0.582. The monoisotopic (exact) mass is 294 g/mol. The molecular formula is C14H22N4O3. The molecule has 1 heterocycles. The van der Waals surface area contributed by atoms with Crippen LogP contribution in [0.25, 0.3) is 0 Å². The van der Waals surface area contributed by atoms with Crippen LogP contribution in [-0.2, 0) is 9.59 Å². The van der Waals surface area contributed by atoms with Crippen molar-refractivity contribution >= 4 is 17.8 Å². The molecule has 0 aromatic rings. The zero-order chi connectivity index (χ0) is 15.0. The molecule has 1 saturated heterocycles. The Bertz CT molecular complexity index is 449. The van der Waals surface area contributed by atoms with E-state index in [0.717, 1.165) is 19.3 Å². The summed E-state index contributed by atoms with van der Waals surface area (Å²) in [6.45, 7) is 0.884. The quantitative estimate of drug-likeness (QED) is 0.466. The molecule has 3 aliphatic rings. The Labute approximate surface area is 123 Å². The Morgan fingerprint density at radius 2 is 2.10 bits per heavy atom. The van der Waals surface area contributed by atoms with Crippen molar-refractivity contribution in [2.45, 2.75) is 31.7 Å². The van der Waals surface area contributed by atoms with Gasteiger partial charge >= 0.3 is 6.03 Å². The average Bonchev–Trinajstić information content (AvgIpc) is 3.12. The van der Waals surface area contributed by atoms with E-state index in [2.05, 4.69) is 10.6 Å². The number of rotatable bonds is 5. The third-order valence-electron chi connectivity index (χ3n) is 5.08. The lowest BCUT2D eigenvalue weighted by atomic mass is 9.84. The Morgan fingerprint density at radius 3 is 2.71 bits per heavy atom. The van der Waals surface area contributed by atoms with E-state index in [4.69, 9.17) is 5.73 Å². The standard InChI is InChI=1S/C14H22N4O3/c15-12-9-3-2-8(6-9)11(12)13(20)16-4-1-5-18-10(19)7-17-14(18)21/h8-9,11-12H,1-7,15H2,(H,16,20)(H,17,21).